The average Bonchev–Trinajstić information content (AvgIpc) is 3.72. The monoisotopic (exact) mass is 806 g/mol. The van der Waals surface area contributed by atoms with E-state index < -0.39 is 22.3 Å². The summed E-state index contributed by atoms with van der Waals surface area (Å²) in [6, 6.07) is 0. The van der Waals surface area contributed by atoms with Gasteiger partial charge in [0.2, 0.25) is 0 Å². The van der Waals surface area contributed by atoms with E-state index >= 15 is 0 Å². The van der Waals surface area contributed by atoms with Gasteiger partial charge in [-0.3, -0.25) is 28.9 Å². The highest BCUT2D eigenvalue weighted by molar-refractivity contribution is 7.83. The van der Waals surface area contributed by atoms with Crippen LogP contribution in [0.5, 0.6) is 0 Å². The van der Waals surface area contributed by atoms with E-state index in [2.05, 4.69) is 149 Å². The fourth-order valence-electron chi connectivity index (χ4n) is 11.1. The zero-order valence-electron chi connectivity index (χ0n) is 38.4. The molecular formula is C40H92N10P3+. The van der Waals surface area contributed by atoms with Crippen LogP contribution in [0.15, 0.2) is 9.03 Å². The molecule has 53 heavy (non-hydrogen) atoms. The molecule has 0 aromatic carbocycles. The van der Waals surface area contributed by atoms with Crippen molar-refractivity contribution in [2.75, 3.05) is 117 Å². The first-order valence-corrected chi connectivity index (χ1v) is 28.0. The number of nitrogens with zero attached hydrogens (tertiary/aromatic N) is 10. The van der Waals surface area contributed by atoms with E-state index in [-0.39, 0.29) is 10.8 Å². The smallest absolute Gasteiger partial charge is 0.280 e. The Bertz CT molecular complexity index is 1020. The zero-order chi connectivity index (χ0) is 40.1. The van der Waals surface area contributed by atoms with Gasteiger partial charge in [0.05, 0.1) is 0 Å². The third-order valence-electron chi connectivity index (χ3n) is 13.3. The van der Waals surface area contributed by atoms with Crippen molar-refractivity contribution in [2.45, 2.75) is 147 Å². The molecule has 0 N–H and O–H groups in total. The summed E-state index contributed by atoms with van der Waals surface area (Å²) in [6.07, 6.45) is 7.23. The van der Waals surface area contributed by atoms with Crippen molar-refractivity contribution in [2.24, 2.45) is 9.03 Å². The molecule has 0 saturated carbocycles. The van der Waals surface area contributed by atoms with Crippen LogP contribution in [0, 0.1) is 0 Å². The molecule has 2 unspecified atom stereocenters. The normalized spacial score (nSPS) is 23.4. The summed E-state index contributed by atoms with van der Waals surface area (Å²) in [4.78, 5) is 11.5. The minimum absolute atomic E-state index is 0.0988. The molecule has 2 aliphatic heterocycles. The van der Waals surface area contributed by atoms with Crippen molar-refractivity contribution >= 4 is 22.3 Å². The van der Waals surface area contributed by atoms with Crippen LogP contribution in [-0.2, 0) is 0 Å². The highest BCUT2D eigenvalue weighted by atomic mass is 31.3. The lowest BCUT2D eigenvalue weighted by atomic mass is 10.2. The molecule has 0 aromatic rings. The van der Waals surface area contributed by atoms with E-state index in [1.807, 2.05) is 0 Å². The van der Waals surface area contributed by atoms with E-state index in [1.165, 1.54) is 38.0 Å². The molecule has 2 fully saturated rings. The summed E-state index contributed by atoms with van der Waals surface area (Å²) in [7, 11) is -7.19. The Hall–Kier alpha value is 0.570. The molecule has 10 nitrogen and oxygen atoms in total. The van der Waals surface area contributed by atoms with E-state index in [9.17, 15) is 0 Å². The molecular weight excluding hydrogens is 713 g/mol. The summed E-state index contributed by atoms with van der Waals surface area (Å²) in [5.74, 6) is 0. The van der Waals surface area contributed by atoms with Crippen molar-refractivity contribution in [3.05, 3.63) is 0 Å². The average molecular weight is 806 g/mol. The van der Waals surface area contributed by atoms with Gasteiger partial charge in [0.1, 0.15) is 25.2 Å². The third kappa shape index (κ3) is 8.39. The van der Waals surface area contributed by atoms with Crippen molar-refractivity contribution in [3.63, 3.8) is 0 Å². The fourth-order valence-corrected chi connectivity index (χ4v) is 30.5. The van der Waals surface area contributed by atoms with Crippen molar-refractivity contribution in [1.29, 1.82) is 0 Å². The van der Waals surface area contributed by atoms with Gasteiger partial charge in [-0.1, -0.05) is 92.1 Å². The quantitative estimate of drug-likeness (QED) is 0.0633. The maximum atomic E-state index is 7.01. The minimum atomic E-state index is -2.68. The van der Waals surface area contributed by atoms with Crippen molar-refractivity contribution in [1.82, 2.24) is 38.3 Å². The molecule has 13 heteroatoms. The lowest BCUT2D eigenvalue weighted by molar-refractivity contribution is 0.0146. The molecule has 0 bridgehead atoms. The first-order chi connectivity index (χ1) is 25.5. The Labute approximate surface area is 332 Å². The molecule has 0 spiro atoms. The van der Waals surface area contributed by atoms with Gasteiger partial charge in [0, 0.05) is 64.7 Å². The molecule has 2 rings (SSSR count). The molecule has 0 aromatic heterocycles. The predicted octanol–water partition coefficient (Wildman–Crippen LogP) is 10.5. The van der Waals surface area contributed by atoms with Crippen molar-refractivity contribution in [3.8, 4) is 0 Å². The summed E-state index contributed by atoms with van der Waals surface area (Å²) < 4.78 is 25.5. The number of hydrogen-bond donors (Lipinski definition) is 0. The third-order valence-corrected chi connectivity index (χ3v) is 29.0. The minimum Gasteiger partial charge on any atom is -0.280 e. The van der Waals surface area contributed by atoms with Gasteiger partial charge in [-0.2, -0.15) is 0 Å². The van der Waals surface area contributed by atoms with E-state index in [1.54, 1.807) is 0 Å². The molecule has 2 heterocycles. The fraction of sp³-hybridized carbons (Fsp3) is 1.00. The van der Waals surface area contributed by atoms with Crippen LogP contribution in [-0.4, -0.2) is 166 Å². The van der Waals surface area contributed by atoms with Gasteiger partial charge in [0.25, 0.3) is 0 Å². The summed E-state index contributed by atoms with van der Waals surface area (Å²) in [5.41, 5.74) is 0. The molecule has 2 saturated heterocycles. The molecule has 0 amide bonds. The van der Waals surface area contributed by atoms with Crippen LogP contribution in [0.2, 0.25) is 0 Å². The van der Waals surface area contributed by atoms with E-state index in [0.717, 1.165) is 105 Å². The van der Waals surface area contributed by atoms with Crippen molar-refractivity contribution < 1.29 is 0 Å². The molecule has 316 valence electrons. The Kier molecular flexibility index (Phi) is 21.2. The number of hydrogen-bond acceptors (Lipinski definition) is 8. The molecule has 0 radical (unpaired) electrons. The molecule has 0 aliphatic carbocycles. The lowest BCUT2D eigenvalue weighted by Crippen LogP contribution is -2.61. The first kappa shape index (κ1) is 49.7. The maximum absolute atomic E-state index is 7.01. The van der Waals surface area contributed by atoms with Crippen LogP contribution in [0.4, 0.5) is 0 Å². The summed E-state index contributed by atoms with van der Waals surface area (Å²) >= 11 is 0. The lowest BCUT2D eigenvalue weighted by Gasteiger charge is -2.57. The predicted molar refractivity (Wildman–Crippen MR) is 243 cm³/mol. The second-order valence-electron chi connectivity index (χ2n) is 14.6. The van der Waals surface area contributed by atoms with Gasteiger partial charge < -0.3 is 0 Å². The Morgan fingerprint density at radius 1 is 0.377 bits per heavy atom. The number of rotatable bonds is 26. The Morgan fingerprint density at radius 2 is 0.623 bits per heavy atom. The van der Waals surface area contributed by atoms with Gasteiger partial charge >= 0.3 is 7.87 Å². The highest BCUT2D eigenvalue weighted by Crippen LogP contribution is 2.86. The Morgan fingerprint density at radius 3 is 0.811 bits per heavy atom. The van der Waals surface area contributed by atoms with Gasteiger partial charge in [-0.25, -0.2) is 0 Å². The van der Waals surface area contributed by atoms with Gasteiger partial charge in [-0.15, -0.1) is 9.34 Å². The second-order valence-corrected chi connectivity index (χ2v) is 24.6. The van der Waals surface area contributed by atoms with E-state index in [0.29, 0.717) is 0 Å². The van der Waals surface area contributed by atoms with Crippen LogP contribution >= 0.6 is 22.3 Å². The first-order valence-electron chi connectivity index (χ1n) is 22.7. The highest BCUT2D eigenvalue weighted by Gasteiger charge is 2.67. The standard InChI is InChI=1S/C40H92N10P3/c1-17-43(18-2)39(44(19-3)20-4)35-33-37-51(39,47(25-9)26-10)41-53(49(29-13)30-14,50(31-15)32-16)42-52(48(27-11)28-12)38-34-36-40(52,45(21-5)22-6)46(23-7)24-8/h17-38H2,1-16H3/q+1. The SMILES string of the molecule is CCN(CC)C1(N(CC)CC)CCCP1(=N[P+](N=P1(N(CC)CC)CCCC1(N(CC)CC)N(CC)CC)(N(CC)CC)N(CC)CC)N(CC)CC. The maximum Gasteiger partial charge on any atom is 0.399 e. The van der Waals surface area contributed by atoms with Gasteiger partial charge in [-0.05, 0) is 106 Å². The van der Waals surface area contributed by atoms with Gasteiger partial charge in [0.15, 0.2) is 0 Å². The molecule has 2 aliphatic rings. The second kappa shape index (κ2) is 22.6. The summed E-state index contributed by atoms with van der Waals surface area (Å²) in [5, 5.41) is -0.198. The molecule has 2 atom stereocenters. The van der Waals surface area contributed by atoms with E-state index in [4.69, 9.17) is 9.03 Å². The topological polar surface area (TPSA) is 50.6 Å². The largest absolute Gasteiger partial charge is 0.399 e. The van der Waals surface area contributed by atoms with Crippen LogP contribution in [0.25, 0.3) is 0 Å². The zero-order valence-corrected chi connectivity index (χ0v) is 41.1. The Balaban J connectivity index is 3.68. The van der Waals surface area contributed by atoms with Crippen LogP contribution in [0.1, 0.15) is 136 Å². The summed E-state index contributed by atoms with van der Waals surface area (Å²) in [6.45, 7) is 55.0. The van der Waals surface area contributed by atoms with Crippen LogP contribution in [0.3, 0.4) is 0 Å². The van der Waals surface area contributed by atoms with Crippen LogP contribution < -0.4 is 0 Å².